The Morgan fingerprint density at radius 3 is 2.57 bits per heavy atom. The molecule has 1 fully saturated rings. The van der Waals surface area contributed by atoms with Crippen molar-refractivity contribution in [3.8, 4) is 0 Å². The highest BCUT2D eigenvalue weighted by Crippen LogP contribution is 2.46. The minimum absolute atomic E-state index is 0.733. The fourth-order valence-corrected chi connectivity index (χ4v) is 2.09. The molecule has 1 aromatic rings. The predicted molar refractivity (Wildman–Crippen MR) is 55.9 cm³/mol. The Morgan fingerprint density at radius 2 is 2.14 bits per heavy atom. The molecule has 3 nitrogen and oxygen atoms in total. The lowest BCUT2D eigenvalue weighted by Gasteiger charge is -2.00. The molecule has 2 rings (SSSR count). The Hall–Kier alpha value is -1.12. The van der Waals surface area contributed by atoms with Crippen LogP contribution in [0.15, 0.2) is 12.2 Å². The van der Waals surface area contributed by atoms with Crippen molar-refractivity contribution in [2.45, 2.75) is 26.7 Å². The van der Waals surface area contributed by atoms with Gasteiger partial charge in [-0.25, -0.2) is 0 Å². The van der Waals surface area contributed by atoms with Gasteiger partial charge >= 0.3 is 0 Å². The standard InChI is InChI=1S/C11H17N3/c1-7-8(2)10(7)5-6-11-9(3)12-13-14(11)4/h8,10H,1,5-6H2,2-4H3/t8-,10?/m1/s1. The van der Waals surface area contributed by atoms with Crippen molar-refractivity contribution in [2.75, 3.05) is 0 Å². The zero-order valence-electron chi connectivity index (χ0n) is 9.12. The van der Waals surface area contributed by atoms with Crippen LogP contribution in [0.1, 0.15) is 24.7 Å². The lowest BCUT2D eigenvalue weighted by molar-refractivity contribution is 0.622. The molecule has 3 heteroatoms. The van der Waals surface area contributed by atoms with E-state index in [4.69, 9.17) is 0 Å². The molecule has 0 N–H and O–H groups in total. The summed E-state index contributed by atoms with van der Waals surface area (Å²) in [5, 5.41) is 8.04. The molecular weight excluding hydrogens is 174 g/mol. The first-order chi connectivity index (χ1) is 6.61. The Morgan fingerprint density at radius 1 is 1.50 bits per heavy atom. The van der Waals surface area contributed by atoms with Gasteiger partial charge in [0.15, 0.2) is 0 Å². The molecule has 0 aromatic carbocycles. The molecule has 0 bridgehead atoms. The molecule has 0 spiro atoms. The van der Waals surface area contributed by atoms with Crippen LogP contribution in [0.3, 0.4) is 0 Å². The van der Waals surface area contributed by atoms with Gasteiger partial charge in [-0.15, -0.1) is 5.10 Å². The Labute approximate surface area is 84.8 Å². The van der Waals surface area contributed by atoms with Gasteiger partial charge in [0.2, 0.25) is 0 Å². The number of nitrogens with zero attached hydrogens (tertiary/aromatic N) is 3. The first kappa shape index (κ1) is 9.44. The highest BCUT2D eigenvalue weighted by molar-refractivity contribution is 5.25. The van der Waals surface area contributed by atoms with Crippen LogP contribution in [0.2, 0.25) is 0 Å². The van der Waals surface area contributed by atoms with E-state index in [-0.39, 0.29) is 0 Å². The fraction of sp³-hybridized carbons (Fsp3) is 0.636. The smallest absolute Gasteiger partial charge is 0.0828 e. The molecule has 1 aliphatic carbocycles. The average Bonchev–Trinajstić information content (AvgIpc) is 2.56. The lowest BCUT2D eigenvalue weighted by Crippen LogP contribution is -2.00. The van der Waals surface area contributed by atoms with Crippen molar-refractivity contribution in [2.24, 2.45) is 18.9 Å². The third-order valence-electron chi connectivity index (χ3n) is 3.38. The number of allylic oxidation sites excluding steroid dienone is 1. The summed E-state index contributed by atoms with van der Waals surface area (Å²) in [5.41, 5.74) is 3.74. The molecular formula is C11H17N3. The van der Waals surface area contributed by atoms with Crippen LogP contribution in [0.4, 0.5) is 0 Å². The SMILES string of the molecule is C=C1C(CCc2c(C)nnn2C)[C@@H]1C. The highest BCUT2D eigenvalue weighted by atomic mass is 15.4. The predicted octanol–water partition coefficient (Wildman–Crippen LogP) is 1.88. The van der Waals surface area contributed by atoms with Crippen LogP contribution in [0, 0.1) is 18.8 Å². The van der Waals surface area contributed by atoms with Gasteiger partial charge in [-0.3, -0.25) is 4.68 Å². The Kier molecular flexibility index (Phi) is 2.17. The molecule has 0 amide bonds. The molecule has 2 atom stereocenters. The first-order valence-electron chi connectivity index (χ1n) is 5.15. The maximum absolute atomic E-state index is 4.04. The van der Waals surface area contributed by atoms with Crippen LogP contribution in [0.5, 0.6) is 0 Å². The highest BCUT2D eigenvalue weighted by Gasteiger charge is 2.37. The van der Waals surface area contributed by atoms with Crippen LogP contribution < -0.4 is 0 Å². The number of hydrogen-bond donors (Lipinski definition) is 0. The molecule has 76 valence electrons. The quantitative estimate of drug-likeness (QED) is 0.683. The number of rotatable bonds is 3. The van der Waals surface area contributed by atoms with E-state index in [2.05, 4.69) is 23.8 Å². The van der Waals surface area contributed by atoms with Crippen LogP contribution in [-0.2, 0) is 13.5 Å². The second-order valence-electron chi connectivity index (χ2n) is 4.25. The van der Waals surface area contributed by atoms with Crippen LogP contribution in [-0.4, -0.2) is 15.0 Å². The topological polar surface area (TPSA) is 30.7 Å². The maximum atomic E-state index is 4.04. The fourth-order valence-electron chi connectivity index (χ4n) is 2.09. The minimum Gasteiger partial charge on any atom is -0.252 e. The third kappa shape index (κ3) is 1.47. The molecule has 0 radical (unpaired) electrons. The summed E-state index contributed by atoms with van der Waals surface area (Å²) in [5.74, 6) is 1.47. The second kappa shape index (κ2) is 3.23. The summed E-state index contributed by atoms with van der Waals surface area (Å²) in [6.45, 7) is 8.31. The summed E-state index contributed by atoms with van der Waals surface area (Å²) in [6.07, 6.45) is 2.27. The number of aryl methyl sites for hydroxylation is 2. The van der Waals surface area contributed by atoms with E-state index in [0.29, 0.717) is 0 Å². The van der Waals surface area contributed by atoms with Gasteiger partial charge in [0.1, 0.15) is 0 Å². The van der Waals surface area contributed by atoms with E-state index >= 15 is 0 Å². The van der Waals surface area contributed by atoms with Crippen molar-refractivity contribution < 1.29 is 0 Å². The number of hydrogen-bond acceptors (Lipinski definition) is 2. The van der Waals surface area contributed by atoms with Crippen molar-refractivity contribution in [3.05, 3.63) is 23.5 Å². The van der Waals surface area contributed by atoms with Crippen molar-refractivity contribution >= 4 is 0 Å². The van der Waals surface area contributed by atoms with Gasteiger partial charge in [0, 0.05) is 7.05 Å². The Balaban J connectivity index is 1.96. The normalized spacial score (nSPS) is 25.5. The summed E-state index contributed by atoms with van der Waals surface area (Å²) >= 11 is 0. The molecule has 0 aliphatic heterocycles. The van der Waals surface area contributed by atoms with E-state index in [1.807, 2.05) is 18.7 Å². The molecule has 14 heavy (non-hydrogen) atoms. The van der Waals surface area contributed by atoms with E-state index in [1.165, 1.54) is 17.7 Å². The minimum atomic E-state index is 0.733. The van der Waals surface area contributed by atoms with Crippen LogP contribution >= 0.6 is 0 Å². The Bertz CT molecular complexity index is 345. The van der Waals surface area contributed by atoms with Crippen molar-refractivity contribution in [3.63, 3.8) is 0 Å². The second-order valence-corrected chi connectivity index (χ2v) is 4.25. The van der Waals surface area contributed by atoms with E-state index in [1.54, 1.807) is 0 Å². The molecule has 0 saturated heterocycles. The molecule has 1 unspecified atom stereocenters. The van der Waals surface area contributed by atoms with Gasteiger partial charge in [0.25, 0.3) is 0 Å². The lowest BCUT2D eigenvalue weighted by atomic mass is 10.1. The monoisotopic (exact) mass is 191 g/mol. The van der Waals surface area contributed by atoms with Crippen molar-refractivity contribution in [1.82, 2.24) is 15.0 Å². The summed E-state index contributed by atoms with van der Waals surface area (Å²) < 4.78 is 1.88. The van der Waals surface area contributed by atoms with Crippen LogP contribution in [0.25, 0.3) is 0 Å². The molecule has 1 aliphatic rings. The van der Waals surface area contributed by atoms with Crippen molar-refractivity contribution in [1.29, 1.82) is 0 Å². The third-order valence-corrected chi connectivity index (χ3v) is 3.38. The van der Waals surface area contributed by atoms with Gasteiger partial charge in [0.05, 0.1) is 11.4 Å². The zero-order chi connectivity index (χ0) is 10.3. The van der Waals surface area contributed by atoms with E-state index < -0.39 is 0 Å². The first-order valence-corrected chi connectivity index (χ1v) is 5.15. The van der Waals surface area contributed by atoms with Gasteiger partial charge in [-0.1, -0.05) is 24.3 Å². The summed E-state index contributed by atoms with van der Waals surface area (Å²) in [7, 11) is 1.96. The van der Waals surface area contributed by atoms with Gasteiger partial charge in [-0.2, -0.15) is 0 Å². The summed E-state index contributed by atoms with van der Waals surface area (Å²) in [4.78, 5) is 0. The van der Waals surface area contributed by atoms with E-state index in [0.717, 1.165) is 24.0 Å². The number of aromatic nitrogens is 3. The average molecular weight is 191 g/mol. The maximum Gasteiger partial charge on any atom is 0.0828 e. The molecule has 1 heterocycles. The summed E-state index contributed by atoms with van der Waals surface area (Å²) in [6, 6.07) is 0. The zero-order valence-corrected chi connectivity index (χ0v) is 9.12. The molecule has 1 aromatic heterocycles. The van der Waals surface area contributed by atoms with Gasteiger partial charge < -0.3 is 0 Å². The largest absolute Gasteiger partial charge is 0.252 e. The van der Waals surface area contributed by atoms with Gasteiger partial charge in [-0.05, 0) is 31.6 Å². The molecule has 1 saturated carbocycles. The van der Waals surface area contributed by atoms with E-state index in [9.17, 15) is 0 Å².